The maximum atomic E-state index is 13.1. The van der Waals surface area contributed by atoms with Gasteiger partial charge in [-0.15, -0.1) is 0 Å². The van der Waals surface area contributed by atoms with Gasteiger partial charge in [0.05, 0.1) is 18.3 Å². The summed E-state index contributed by atoms with van der Waals surface area (Å²) in [4.78, 5) is 13.1. The predicted octanol–water partition coefficient (Wildman–Crippen LogP) is 4.61. The van der Waals surface area contributed by atoms with Gasteiger partial charge in [-0.2, -0.15) is 10.2 Å². The maximum absolute atomic E-state index is 13.1. The molecule has 6 nitrogen and oxygen atoms in total. The van der Waals surface area contributed by atoms with Crippen LogP contribution in [0, 0.1) is 20.8 Å². The molecule has 4 rings (SSSR count). The highest BCUT2D eigenvalue weighted by Crippen LogP contribution is 2.23. The van der Waals surface area contributed by atoms with Crippen molar-refractivity contribution >= 4 is 5.91 Å². The van der Waals surface area contributed by atoms with Gasteiger partial charge in [0.15, 0.2) is 0 Å². The largest absolute Gasteiger partial charge is 0.352 e. The quantitative estimate of drug-likeness (QED) is 0.403. The molecule has 32 heavy (non-hydrogen) atoms. The summed E-state index contributed by atoms with van der Waals surface area (Å²) in [6.45, 7) is 7.35. The Balaban J connectivity index is 1.50. The summed E-state index contributed by atoms with van der Waals surface area (Å²) in [6.07, 6.45) is 5.43. The fourth-order valence-corrected chi connectivity index (χ4v) is 3.68. The number of nitrogens with zero attached hydrogens (tertiary/aromatic N) is 3. The van der Waals surface area contributed by atoms with Crippen molar-refractivity contribution in [2.45, 2.75) is 40.2 Å². The third kappa shape index (κ3) is 5.14. The molecule has 0 bridgehead atoms. The molecule has 0 spiro atoms. The van der Waals surface area contributed by atoms with Gasteiger partial charge in [-0.1, -0.05) is 59.7 Å². The smallest absolute Gasteiger partial charge is 0.255 e. The second-order valence-electron chi connectivity index (χ2n) is 8.32. The summed E-state index contributed by atoms with van der Waals surface area (Å²) >= 11 is 0. The van der Waals surface area contributed by atoms with Crippen LogP contribution >= 0.6 is 0 Å². The average molecular weight is 428 g/mol. The van der Waals surface area contributed by atoms with Crippen LogP contribution in [-0.2, 0) is 13.0 Å². The number of carbonyl (C=O) groups excluding carboxylic acids is 1. The number of aromatic amines is 1. The molecule has 0 radical (unpaired) electrons. The fourth-order valence-electron chi connectivity index (χ4n) is 3.68. The molecule has 2 N–H and O–H groups in total. The molecular formula is C26H29N5O. The number of hydrogen-bond donors (Lipinski definition) is 2. The van der Waals surface area contributed by atoms with E-state index in [0.29, 0.717) is 24.3 Å². The van der Waals surface area contributed by atoms with Crippen molar-refractivity contribution in [2.24, 2.45) is 0 Å². The molecule has 1 amide bonds. The van der Waals surface area contributed by atoms with Gasteiger partial charge in [-0.3, -0.25) is 14.6 Å². The molecule has 6 heteroatoms. The number of benzene rings is 2. The monoisotopic (exact) mass is 427 g/mol. The Morgan fingerprint density at radius 2 is 1.69 bits per heavy atom. The molecule has 2 aromatic heterocycles. The Hall–Kier alpha value is -3.67. The van der Waals surface area contributed by atoms with E-state index < -0.39 is 0 Å². The molecule has 2 heterocycles. The first kappa shape index (κ1) is 21.6. The Kier molecular flexibility index (Phi) is 6.50. The van der Waals surface area contributed by atoms with Crippen LogP contribution in [0.1, 0.15) is 44.7 Å². The molecule has 0 saturated carbocycles. The lowest BCUT2D eigenvalue weighted by Gasteiger charge is -2.06. The van der Waals surface area contributed by atoms with Crippen molar-refractivity contribution in [3.63, 3.8) is 0 Å². The van der Waals surface area contributed by atoms with Crippen LogP contribution < -0.4 is 5.32 Å². The second-order valence-corrected chi connectivity index (χ2v) is 8.32. The molecule has 4 aromatic rings. The summed E-state index contributed by atoms with van der Waals surface area (Å²) in [6, 6.07) is 16.5. The number of nitrogens with one attached hydrogen (secondary N) is 2. The van der Waals surface area contributed by atoms with E-state index in [1.807, 2.05) is 48.3 Å². The van der Waals surface area contributed by atoms with Crippen molar-refractivity contribution < 1.29 is 4.79 Å². The lowest BCUT2D eigenvalue weighted by atomic mass is 10.1. The van der Waals surface area contributed by atoms with Gasteiger partial charge in [0, 0.05) is 24.0 Å². The van der Waals surface area contributed by atoms with E-state index >= 15 is 0 Å². The van der Waals surface area contributed by atoms with Crippen LogP contribution in [0.15, 0.2) is 60.9 Å². The van der Waals surface area contributed by atoms with Gasteiger partial charge in [0.25, 0.3) is 5.91 Å². The SMILES string of the molecule is Cc1ccc(Cn2cc(C(=O)NCCCc3cn[nH]c3C)c(-c3ccc(C)cc3)n2)cc1. The zero-order valence-corrected chi connectivity index (χ0v) is 18.9. The number of carbonyl (C=O) groups is 1. The summed E-state index contributed by atoms with van der Waals surface area (Å²) in [5, 5.41) is 14.8. The number of amides is 1. The number of aromatic nitrogens is 4. The summed E-state index contributed by atoms with van der Waals surface area (Å²) in [5.41, 5.74) is 8.06. The molecule has 0 atom stereocenters. The van der Waals surface area contributed by atoms with Gasteiger partial charge < -0.3 is 5.32 Å². The minimum absolute atomic E-state index is 0.0975. The zero-order valence-electron chi connectivity index (χ0n) is 18.9. The first-order valence-electron chi connectivity index (χ1n) is 11.0. The topological polar surface area (TPSA) is 75.6 Å². The molecule has 0 aliphatic heterocycles. The lowest BCUT2D eigenvalue weighted by Crippen LogP contribution is -2.25. The van der Waals surface area contributed by atoms with Crippen LogP contribution in [-0.4, -0.2) is 32.4 Å². The van der Waals surface area contributed by atoms with Crippen LogP contribution in [0.5, 0.6) is 0 Å². The highest BCUT2D eigenvalue weighted by molar-refractivity contribution is 5.99. The number of aryl methyl sites for hydroxylation is 4. The van der Waals surface area contributed by atoms with Crippen molar-refractivity contribution in [1.29, 1.82) is 0 Å². The van der Waals surface area contributed by atoms with Gasteiger partial charge in [0.1, 0.15) is 5.69 Å². The van der Waals surface area contributed by atoms with Gasteiger partial charge in [0.2, 0.25) is 0 Å². The van der Waals surface area contributed by atoms with Crippen molar-refractivity contribution in [1.82, 2.24) is 25.3 Å². The third-order valence-electron chi connectivity index (χ3n) is 5.64. The Labute approximate surface area is 188 Å². The summed E-state index contributed by atoms with van der Waals surface area (Å²) < 4.78 is 1.85. The number of H-pyrrole nitrogens is 1. The van der Waals surface area contributed by atoms with E-state index in [-0.39, 0.29) is 5.91 Å². The molecule has 0 aliphatic rings. The van der Waals surface area contributed by atoms with Crippen molar-refractivity contribution in [3.05, 3.63) is 94.4 Å². The first-order valence-corrected chi connectivity index (χ1v) is 11.0. The van der Waals surface area contributed by atoms with Crippen LogP contribution in [0.4, 0.5) is 0 Å². The molecule has 0 unspecified atom stereocenters. The van der Waals surface area contributed by atoms with Crippen molar-refractivity contribution in [2.75, 3.05) is 6.54 Å². The first-order chi connectivity index (χ1) is 15.5. The van der Waals surface area contributed by atoms with E-state index in [1.165, 1.54) is 16.7 Å². The third-order valence-corrected chi connectivity index (χ3v) is 5.64. The molecule has 0 aliphatic carbocycles. The Morgan fingerprint density at radius 3 is 2.34 bits per heavy atom. The second kappa shape index (κ2) is 9.64. The molecule has 164 valence electrons. The van der Waals surface area contributed by atoms with E-state index in [9.17, 15) is 4.79 Å². The summed E-state index contributed by atoms with van der Waals surface area (Å²) in [7, 11) is 0. The minimum Gasteiger partial charge on any atom is -0.352 e. The number of hydrogen-bond acceptors (Lipinski definition) is 3. The van der Waals surface area contributed by atoms with E-state index in [4.69, 9.17) is 5.10 Å². The molecule has 0 saturated heterocycles. The minimum atomic E-state index is -0.0975. The van der Waals surface area contributed by atoms with Crippen LogP contribution in [0.25, 0.3) is 11.3 Å². The highest BCUT2D eigenvalue weighted by Gasteiger charge is 2.18. The average Bonchev–Trinajstić information content (AvgIpc) is 3.39. The highest BCUT2D eigenvalue weighted by atomic mass is 16.1. The van der Waals surface area contributed by atoms with Gasteiger partial charge >= 0.3 is 0 Å². The summed E-state index contributed by atoms with van der Waals surface area (Å²) in [5.74, 6) is -0.0975. The Morgan fingerprint density at radius 1 is 1.00 bits per heavy atom. The Bertz CT molecular complexity index is 1190. The van der Waals surface area contributed by atoms with Gasteiger partial charge in [-0.05, 0) is 44.7 Å². The van der Waals surface area contributed by atoms with Crippen LogP contribution in [0.2, 0.25) is 0 Å². The maximum Gasteiger partial charge on any atom is 0.255 e. The van der Waals surface area contributed by atoms with E-state index in [0.717, 1.165) is 29.7 Å². The fraction of sp³-hybridized carbons (Fsp3) is 0.269. The molecular weight excluding hydrogens is 398 g/mol. The standard InChI is InChI=1S/C26H29N5O/c1-18-6-10-21(11-7-18)16-31-17-24(25(30-31)22-12-8-19(2)9-13-22)26(32)27-14-4-5-23-15-28-29-20(23)3/h6-13,15,17H,4-5,14,16H2,1-3H3,(H,27,32)(H,28,29). The zero-order chi connectivity index (χ0) is 22.5. The lowest BCUT2D eigenvalue weighted by molar-refractivity contribution is 0.0953. The normalized spacial score (nSPS) is 11.0. The predicted molar refractivity (Wildman–Crippen MR) is 127 cm³/mol. The molecule has 0 fully saturated rings. The van der Waals surface area contributed by atoms with E-state index in [1.54, 1.807) is 0 Å². The van der Waals surface area contributed by atoms with E-state index in [2.05, 4.69) is 53.6 Å². The molecule has 2 aromatic carbocycles. The van der Waals surface area contributed by atoms with Crippen molar-refractivity contribution in [3.8, 4) is 11.3 Å². The van der Waals surface area contributed by atoms with Crippen LogP contribution in [0.3, 0.4) is 0 Å². The number of rotatable bonds is 8. The van der Waals surface area contributed by atoms with Gasteiger partial charge in [-0.25, -0.2) is 0 Å².